The largest absolute Gasteiger partial charge is 0.322 e. The number of anilines is 1. The van der Waals surface area contributed by atoms with Crippen LogP contribution in [0.3, 0.4) is 0 Å². The summed E-state index contributed by atoms with van der Waals surface area (Å²) in [5.74, 6) is -0.0220. The van der Waals surface area contributed by atoms with Crippen LogP contribution in [-0.4, -0.2) is 26.1 Å². The molecule has 0 bridgehead atoms. The molecular formula is C21H18BrN3O2S. The van der Waals surface area contributed by atoms with Gasteiger partial charge in [0.05, 0.1) is 12.6 Å². The molecule has 1 aliphatic rings. The number of benzene rings is 2. The highest BCUT2D eigenvalue weighted by Crippen LogP contribution is 2.33. The first kappa shape index (κ1) is 19.0. The Morgan fingerprint density at radius 2 is 1.89 bits per heavy atom. The van der Waals surface area contributed by atoms with Crippen molar-refractivity contribution < 1.29 is 4.79 Å². The highest BCUT2D eigenvalue weighted by atomic mass is 79.9. The van der Waals surface area contributed by atoms with Gasteiger partial charge in [-0.05, 0) is 46.6 Å². The predicted molar refractivity (Wildman–Crippen MR) is 119 cm³/mol. The lowest BCUT2D eigenvalue weighted by Crippen LogP contribution is -2.40. The van der Waals surface area contributed by atoms with Gasteiger partial charge in [-0.2, -0.15) is 0 Å². The Labute approximate surface area is 175 Å². The molecule has 142 valence electrons. The van der Waals surface area contributed by atoms with Crippen LogP contribution in [0.2, 0.25) is 0 Å². The number of halogens is 1. The second kappa shape index (κ2) is 7.93. The molecule has 1 N–H and O–H groups in total. The number of amides is 1. The van der Waals surface area contributed by atoms with Crippen molar-refractivity contribution in [1.82, 2.24) is 4.98 Å². The number of rotatable bonds is 4. The fourth-order valence-electron chi connectivity index (χ4n) is 3.35. The maximum atomic E-state index is 13.5. The summed E-state index contributed by atoms with van der Waals surface area (Å²) < 4.78 is 0.743. The van der Waals surface area contributed by atoms with Crippen LogP contribution in [0.15, 0.2) is 70.5 Å². The number of hydrogen-bond donors (Lipinski definition) is 1. The maximum Gasteiger partial charge on any atom is 0.248 e. The Hall–Kier alpha value is -2.38. The number of H-pyrrole nitrogens is 1. The minimum atomic E-state index is -0.303. The zero-order chi connectivity index (χ0) is 19.7. The van der Waals surface area contributed by atoms with Crippen LogP contribution in [0.4, 0.5) is 5.69 Å². The van der Waals surface area contributed by atoms with Gasteiger partial charge in [-0.3, -0.25) is 14.6 Å². The zero-order valence-electron chi connectivity index (χ0n) is 15.1. The molecule has 0 spiro atoms. The second-order valence-electron chi connectivity index (χ2n) is 6.63. The lowest BCUT2D eigenvalue weighted by molar-refractivity contribution is -0.118. The van der Waals surface area contributed by atoms with Gasteiger partial charge in [0.25, 0.3) is 0 Å². The zero-order valence-corrected chi connectivity index (χ0v) is 17.5. The summed E-state index contributed by atoms with van der Waals surface area (Å²) in [5.41, 5.74) is 2.20. The average molecular weight is 456 g/mol. The Morgan fingerprint density at radius 3 is 2.61 bits per heavy atom. The van der Waals surface area contributed by atoms with Crippen LogP contribution in [0, 0.1) is 0 Å². The number of aromatic nitrogens is 1. The van der Waals surface area contributed by atoms with Crippen molar-refractivity contribution in [3.63, 3.8) is 0 Å². The maximum absolute atomic E-state index is 13.5. The highest BCUT2D eigenvalue weighted by molar-refractivity contribution is 9.22. The number of nitrogens with zero attached hydrogens (tertiary/aromatic N) is 2. The van der Waals surface area contributed by atoms with E-state index in [4.69, 9.17) is 0 Å². The Kier molecular flexibility index (Phi) is 5.37. The van der Waals surface area contributed by atoms with E-state index in [9.17, 15) is 9.59 Å². The van der Waals surface area contributed by atoms with Crippen molar-refractivity contribution in [2.24, 2.45) is 4.99 Å². The minimum Gasteiger partial charge on any atom is -0.322 e. The molecule has 0 fully saturated rings. The molecule has 1 aromatic heterocycles. The first-order valence-electron chi connectivity index (χ1n) is 8.90. The molecule has 3 aromatic rings. The van der Waals surface area contributed by atoms with Gasteiger partial charge in [0.1, 0.15) is 9.20 Å². The number of aromatic amines is 1. The van der Waals surface area contributed by atoms with Gasteiger partial charge >= 0.3 is 0 Å². The van der Waals surface area contributed by atoms with Crippen molar-refractivity contribution in [2.45, 2.75) is 24.8 Å². The molecular weight excluding hydrogens is 438 g/mol. The van der Waals surface area contributed by atoms with Crippen molar-refractivity contribution in [3.05, 3.63) is 76.6 Å². The summed E-state index contributed by atoms with van der Waals surface area (Å²) in [7, 11) is 0. The predicted octanol–water partition coefficient (Wildman–Crippen LogP) is 4.32. The fraction of sp³-hybridized carbons (Fsp3) is 0.190. The van der Waals surface area contributed by atoms with E-state index >= 15 is 0 Å². The average Bonchev–Trinajstić information content (AvgIpc) is 3.04. The van der Waals surface area contributed by atoms with Gasteiger partial charge < -0.3 is 9.88 Å². The van der Waals surface area contributed by atoms with Gasteiger partial charge in [-0.15, -0.1) is 0 Å². The number of hydrogen-bond acceptors (Lipinski definition) is 4. The van der Waals surface area contributed by atoms with Crippen LogP contribution in [0.5, 0.6) is 0 Å². The smallest absolute Gasteiger partial charge is 0.248 e. The van der Waals surface area contributed by atoms with Gasteiger partial charge in [0, 0.05) is 22.7 Å². The van der Waals surface area contributed by atoms with E-state index in [1.54, 1.807) is 11.0 Å². The third-order valence-electron chi connectivity index (χ3n) is 4.71. The van der Waals surface area contributed by atoms with E-state index in [0.29, 0.717) is 6.54 Å². The normalized spacial score (nSPS) is 18.9. The number of carbonyl (C=O) groups excluding carboxylic acids is 1. The van der Waals surface area contributed by atoms with Crippen LogP contribution in [0.1, 0.15) is 12.5 Å². The van der Waals surface area contributed by atoms with E-state index in [0.717, 1.165) is 26.1 Å². The second-order valence-corrected chi connectivity index (χ2v) is 9.03. The number of fused-ring (bicyclic) bond motifs is 1. The first-order chi connectivity index (χ1) is 13.5. The number of thioether (sulfide) groups is 1. The van der Waals surface area contributed by atoms with E-state index in [2.05, 4.69) is 25.9 Å². The third kappa shape index (κ3) is 3.77. The van der Waals surface area contributed by atoms with E-state index < -0.39 is 0 Å². The van der Waals surface area contributed by atoms with Crippen LogP contribution < -0.4 is 10.5 Å². The molecule has 5 nitrogen and oxygen atoms in total. The summed E-state index contributed by atoms with van der Waals surface area (Å²) in [6, 6.07) is 18.6. The number of para-hydroxylation sites is 2. The number of aliphatic imine (C=N–C) groups is 1. The van der Waals surface area contributed by atoms with E-state index in [1.807, 2.05) is 61.5 Å². The van der Waals surface area contributed by atoms with Crippen molar-refractivity contribution in [1.29, 1.82) is 0 Å². The molecule has 2 atom stereocenters. The molecule has 2 unspecified atom stereocenters. The monoisotopic (exact) mass is 455 g/mol. The minimum absolute atomic E-state index is 0.0220. The van der Waals surface area contributed by atoms with Crippen LogP contribution in [-0.2, 0) is 11.3 Å². The number of nitrogens with one attached hydrogen (secondary N) is 1. The lowest BCUT2D eigenvalue weighted by Gasteiger charge is -2.27. The molecule has 0 saturated heterocycles. The standard InChI is InChI=1S/C21H18BrN3O2S/c1-13-19(28-21(22)23-13)20(27)25(15-7-3-2-4-8-15)12-14-11-18(26)24-17-10-6-5-9-16(14)17/h2-11,13,19H,12H2,1H3,(H,24,26). The van der Waals surface area contributed by atoms with E-state index in [-0.39, 0.29) is 22.8 Å². The molecule has 7 heteroatoms. The van der Waals surface area contributed by atoms with Gasteiger partial charge in [0.15, 0.2) is 0 Å². The molecule has 0 saturated carbocycles. The van der Waals surface area contributed by atoms with Crippen molar-refractivity contribution >= 4 is 54.1 Å². The van der Waals surface area contributed by atoms with Gasteiger partial charge in [0.2, 0.25) is 11.5 Å². The third-order valence-corrected chi connectivity index (χ3v) is 6.62. The Bertz CT molecular complexity index is 1110. The van der Waals surface area contributed by atoms with E-state index in [1.165, 1.54) is 11.8 Å². The molecule has 2 aromatic carbocycles. The Balaban J connectivity index is 1.76. The summed E-state index contributed by atoms with van der Waals surface area (Å²) in [6.07, 6.45) is 0. The van der Waals surface area contributed by atoms with Crippen molar-refractivity contribution in [2.75, 3.05) is 4.90 Å². The molecule has 0 radical (unpaired) electrons. The SMILES string of the molecule is CC1N=C(Br)SC1C(=O)N(Cc1cc(=O)[nH]c2ccccc12)c1ccccc1. The van der Waals surface area contributed by atoms with Crippen LogP contribution in [0.25, 0.3) is 10.9 Å². The summed E-state index contributed by atoms with van der Waals surface area (Å²) >= 11 is 4.83. The van der Waals surface area contributed by atoms with Crippen LogP contribution >= 0.6 is 27.7 Å². The molecule has 1 aliphatic heterocycles. The molecule has 0 aliphatic carbocycles. The highest BCUT2D eigenvalue weighted by Gasteiger charge is 2.35. The van der Waals surface area contributed by atoms with Crippen molar-refractivity contribution in [3.8, 4) is 0 Å². The Morgan fingerprint density at radius 1 is 1.18 bits per heavy atom. The fourth-order valence-corrected chi connectivity index (χ4v) is 5.20. The number of pyridine rings is 1. The quantitative estimate of drug-likeness (QED) is 0.636. The molecule has 4 rings (SSSR count). The summed E-state index contributed by atoms with van der Waals surface area (Å²) in [5, 5.41) is 0.628. The summed E-state index contributed by atoms with van der Waals surface area (Å²) in [4.78, 5) is 34.6. The van der Waals surface area contributed by atoms with Gasteiger partial charge in [-0.1, -0.05) is 48.2 Å². The first-order valence-corrected chi connectivity index (χ1v) is 10.6. The molecule has 1 amide bonds. The van der Waals surface area contributed by atoms with Gasteiger partial charge in [-0.25, -0.2) is 0 Å². The molecule has 28 heavy (non-hydrogen) atoms. The lowest BCUT2D eigenvalue weighted by atomic mass is 10.1. The topological polar surface area (TPSA) is 65.5 Å². The molecule has 2 heterocycles. The summed E-state index contributed by atoms with van der Waals surface area (Å²) in [6.45, 7) is 2.25. The number of carbonyl (C=O) groups is 1.